The third kappa shape index (κ3) is 3.37. The maximum atomic E-state index is 11.8. The van der Waals surface area contributed by atoms with E-state index in [1.807, 2.05) is 24.3 Å². The van der Waals surface area contributed by atoms with Gasteiger partial charge in [0.05, 0.1) is 17.1 Å². The Labute approximate surface area is 158 Å². The SMILES string of the molecule is CC[C@@H](C)c1ccc(-n2nc(C)c(C(=O)O)c2-c2ccc(Cl)cc2)cc1. The molecular weight excluding hydrogens is 348 g/mol. The number of rotatable bonds is 5. The van der Waals surface area contributed by atoms with Crippen LogP contribution < -0.4 is 0 Å². The van der Waals surface area contributed by atoms with Gasteiger partial charge in [-0.1, -0.05) is 49.7 Å². The summed E-state index contributed by atoms with van der Waals surface area (Å²) < 4.78 is 1.70. The van der Waals surface area contributed by atoms with Crippen LogP contribution >= 0.6 is 11.6 Å². The van der Waals surface area contributed by atoms with E-state index in [1.54, 1.807) is 23.7 Å². The molecule has 0 aliphatic carbocycles. The third-order valence-electron chi connectivity index (χ3n) is 4.71. The lowest BCUT2D eigenvalue weighted by Crippen LogP contribution is -2.03. The van der Waals surface area contributed by atoms with Crippen molar-refractivity contribution in [3.05, 3.63) is 70.4 Å². The zero-order chi connectivity index (χ0) is 18.8. The molecule has 0 aliphatic heterocycles. The first kappa shape index (κ1) is 18.2. The van der Waals surface area contributed by atoms with Gasteiger partial charge in [0, 0.05) is 10.6 Å². The van der Waals surface area contributed by atoms with Gasteiger partial charge in [-0.3, -0.25) is 0 Å². The van der Waals surface area contributed by atoms with Gasteiger partial charge in [-0.15, -0.1) is 0 Å². The second-order valence-electron chi connectivity index (χ2n) is 6.43. The molecule has 26 heavy (non-hydrogen) atoms. The first-order chi connectivity index (χ1) is 12.4. The number of aryl methyl sites for hydroxylation is 1. The van der Waals surface area contributed by atoms with Crippen LogP contribution in [0.1, 0.15) is 47.8 Å². The van der Waals surface area contributed by atoms with Crippen LogP contribution in [0.25, 0.3) is 16.9 Å². The summed E-state index contributed by atoms with van der Waals surface area (Å²) in [5, 5.41) is 14.8. The Balaban J connectivity index is 2.17. The van der Waals surface area contributed by atoms with E-state index >= 15 is 0 Å². The topological polar surface area (TPSA) is 55.1 Å². The molecule has 3 rings (SSSR count). The van der Waals surface area contributed by atoms with E-state index in [0.717, 1.165) is 17.7 Å². The van der Waals surface area contributed by atoms with E-state index in [9.17, 15) is 9.90 Å². The van der Waals surface area contributed by atoms with Gasteiger partial charge >= 0.3 is 5.97 Å². The maximum absolute atomic E-state index is 11.8. The van der Waals surface area contributed by atoms with Crippen molar-refractivity contribution in [1.82, 2.24) is 9.78 Å². The second kappa shape index (κ2) is 7.34. The van der Waals surface area contributed by atoms with Crippen LogP contribution in [0.2, 0.25) is 5.02 Å². The minimum absolute atomic E-state index is 0.207. The van der Waals surface area contributed by atoms with E-state index in [4.69, 9.17) is 11.6 Å². The number of nitrogens with zero attached hydrogens (tertiary/aromatic N) is 2. The molecule has 1 atom stereocenters. The molecule has 134 valence electrons. The minimum atomic E-state index is -0.991. The molecule has 0 saturated carbocycles. The molecule has 0 bridgehead atoms. The highest BCUT2D eigenvalue weighted by molar-refractivity contribution is 6.30. The number of hydrogen-bond donors (Lipinski definition) is 1. The largest absolute Gasteiger partial charge is 0.478 e. The van der Waals surface area contributed by atoms with Crippen LogP contribution in [0.3, 0.4) is 0 Å². The summed E-state index contributed by atoms with van der Waals surface area (Å²) in [6, 6.07) is 15.3. The number of carboxylic acid groups (broad SMARTS) is 1. The fourth-order valence-corrected chi connectivity index (χ4v) is 3.15. The Morgan fingerprint density at radius 3 is 2.31 bits per heavy atom. The summed E-state index contributed by atoms with van der Waals surface area (Å²) in [6.45, 7) is 6.06. The van der Waals surface area contributed by atoms with Crippen molar-refractivity contribution in [1.29, 1.82) is 0 Å². The summed E-state index contributed by atoms with van der Waals surface area (Å²) in [5.74, 6) is -0.511. The Morgan fingerprint density at radius 2 is 1.77 bits per heavy atom. The molecule has 3 aromatic rings. The molecule has 0 unspecified atom stereocenters. The summed E-state index contributed by atoms with van der Waals surface area (Å²) in [7, 11) is 0. The van der Waals surface area contributed by atoms with Crippen LogP contribution in [0.15, 0.2) is 48.5 Å². The van der Waals surface area contributed by atoms with Crippen molar-refractivity contribution in [2.24, 2.45) is 0 Å². The van der Waals surface area contributed by atoms with Gasteiger partial charge in [-0.2, -0.15) is 5.10 Å². The molecule has 1 N–H and O–H groups in total. The molecule has 0 saturated heterocycles. The first-order valence-corrected chi connectivity index (χ1v) is 8.99. The molecular formula is C21H21ClN2O2. The number of hydrogen-bond acceptors (Lipinski definition) is 2. The fraction of sp³-hybridized carbons (Fsp3) is 0.238. The summed E-state index contributed by atoms with van der Waals surface area (Å²) in [5.41, 5.74) is 4.09. The lowest BCUT2D eigenvalue weighted by Gasteiger charge is -2.12. The number of aromatic nitrogens is 2. The number of carboxylic acids is 1. The van der Waals surface area contributed by atoms with Crippen molar-refractivity contribution in [2.75, 3.05) is 0 Å². The molecule has 0 fully saturated rings. The molecule has 2 aromatic carbocycles. The van der Waals surface area contributed by atoms with Crippen LogP contribution in [0, 0.1) is 6.92 Å². The van der Waals surface area contributed by atoms with E-state index < -0.39 is 5.97 Å². The van der Waals surface area contributed by atoms with Gasteiger partial charge < -0.3 is 5.11 Å². The molecule has 0 radical (unpaired) electrons. The van der Waals surface area contributed by atoms with Crippen molar-refractivity contribution < 1.29 is 9.90 Å². The normalized spacial score (nSPS) is 12.2. The Bertz CT molecular complexity index is 928. The van der Waals surface area contributed by atoms with E-state index in [0.29, 0.717) is 22.3 Å². The highest BCUT2D eigenvalue weighted by Gasteiger charge is 2.23. The van der Waals surface area contributed by atoms with Crippen molar-refractivity contribution in [2.45, 2.75) is 33.1 Å². The van der Waals surface area contributed by atoms with Crippen molar-refractivity contribution in [3.8, 4) is 16.9 Å². The van der Waals surface area contributed by atoms with Gasteiger partial charge in [0.25, 0.3) is 0 Å². The number of benzene rings is 2. The standard InChI is InChI=1S/C21H21ClN2O2/c1-4-13(2)15-7-11-18(12-8-15)24-20(16-5-9-17(22)10-6-16)19(21(25)26)14(3)23-24/h5-13H,4H2,1-3H3,(H,25,26)/t13-/m1/s1. The molecule has 0 spiro atoms. The Morgan fingerprint density at radius 1 is 1.15 bits per heavy atom. The Kier molecular flexibility index (Phi) is 5.14. The van der Waals surface area contributed by atoms with Crippen LogP contribution in [-0.2, 0) is 0 Å². The minimum Gasteiger partial charge on any atom is -0.478 e. The average molecular weight is 369 g/mol. The first-order valence-electron chi connectivity index (χ1n) is 8.61. The maximum Gasteiger partial charge on any atom is 0.339 e. The quantitative estimate of drug-likeness (QED) is 0.627. The molecule has 4 nitrogen and oxygen atoms in total. The van der Waals surface area contributed by atoms with Gasteiger partial charge in [0.1, 0.15) is 5.56 Å². The second-order valence-corrected chi connectivity index (χ2v) is 6.87. The molecule has 1 aromatic heterocycles. The highest BCUT2D eigenvalue weighted by Crippen LogP contribution is 2.30. The zero-order valence-corrected chi connectivity index (χ0v) is 15.8. The van der Waals surface area contributed by atoms with Gasteiger partial charge in [0.2, 0.25) is 0 Å². The predicted molar refractivity (Wildman–Crippen MR) is 104 cm³/mol. The Hall–Kier alpha value is -2.59. The zero-order valence-electron chi connectivity index (χ0n) is 15.0. The highest BCUT2D eigenvalue weighted by atomic mass is 35.5. The number of halogens is 1. The summed E-state index contributed by atoms with van der Waals surface area (Å²) in [4.78, 5) is 11.8. The van der Waals surface area contributed by atoms with Crippen molar-refractivity contribution >= 4 is 17.6 Å². The predicted octanol–water partition coefficient (Wildman–Crippen LogP) is 5.71. The molecule has 1 heterocycles. The van der Waals surface area contributed by atoms with E-state index in [1.165, 1.54) is 5.56 Å². The lowest BCUT2D eigenvalue weighted by molar-refractivity contribution is 0.0697. The number of aromatic carboxylic acids is 1. The molecule has 0 amide bonds. The smallest absolute Gasteiger partial charge is 0.339 e. The fourth-order valence-electron chi connectivity index (χ4n) is 3.02. The third-order valence-corrected chi connectivity index (χ3v) is 4.96. The van der Waals surface area contributed by atoms with Crippen LogP contribution in [0.5, 0.6) is 0 Å². The van der Waals surface area contributed by atoms with E-state index in [2.05, 4.69) is 31.1 Å². The monoisotopic (exact) mass is 368 g/mol. The average Bonchev–Trinajstić information content (AvgIpc) is 2.99. The summed E-state index contributed by atoms with van der Waals surface area (Å²) in [6.07, 6.45) is 1.07. The van der Waals surface area contributed by atoms with E-state index in [-0.39, 0.29) is 5.56 Å². The van der Waals surface area contributed by atoms with Gasteiger partial charge in [-0.05, 0) is 49.1 Å². The molecule has 0 aliphatic rings. The van der Waals surface area contributed by atoms with Gasteiger partial charge in [-0.25, -0.2) is 9.48 Å². The molecule has 5 heteroatoms. The van der Waals surface area contributed by atoms with Crippen LogP contribution in [0.4, 0.5) is 0 Å². The van der Waals surface area contributed by atoms with Crippen molar-refractivity contribution in [3.63, 3.8) is 0 Å². The summed E-state index contributed by atoms with van der Waals surface area (Å²) >= 11 is 5.99. The lowest BCUT2D eigenvalue weighted by atomic mass is 9.98. The number of carbonyl (C=O) groups is 1. The van der Waals surface area contributed by atoms with Gasteiger partial charge in [0.15, 0.2) is 0 Å². The van der Waals surface area contributed by atoms with Crippen LogP contribution in [-0.4, -0.2) is 20.9 Å².